The number of aryl methyl sites for hydroxylation is 3. The molecular weight excluding hydrogens is 433 g/mol. The van der Waals surface area contributed by atoms with Crippen LogP contribution in [0.1, 0.15) is 23.1 Å². The molecule has 0 bridgehead atoms. The van der Waals surface area contributed by atoms with E-state index in [1.165, 1.54) is 11.1 Å². The minimum absolute atomic E-state index is 0. The molecule has 3 aromatic carbocycles. The summed E-state index contributed by atoms with van der Waals surface area (Å²) in [5.41, 5.74) is 9.80. The molecule has 0 amide bonds. The predicted octanol–water partition coefficient (Wildman–Crippen LogP) is 5.30. The molecule has 0 saturated heterocycles. The molecule has 0 saturated carbocycles. The molecule has 0 radical (unpaired) electrons. The molecule has 0 atom stereocenters. The van der Waals surface area contributed by atoms with Crippen LogP contribution in [-0.2, 0) is 6.42 Å². The summed E-state index contributed by atoms with van der Waals surface area (Å²) in [5, 5.41) is 18.6. The Balaban J connectivity index is 0.00000341. The van der Waals surface area contributed by atoms with Gasteiger partial charge in [0.25, 0.3) is 0 Å². The number of aliphatic hydroxyl groups is 2. The fourth-order valence-corrected chi connectivity index (χ4v) is 4.10. The van der Waals surface area contributed by atoms with Gasteiger partial charge in [0, 0.05) is 15.4 Å². The van der Waals surface area contributed by atoms with Crippen LogP contribution in [-0.4, -0.2) is 29.0 Å². The Bertz CT molecular complexity index is 1010. The van der Waals surface area contributed by atoms with Crippen LogP contribution in [0.4, 0.5) is 4.39 Å². The standard InChI is InChI=1S/C25H28FNO2S.ClH/c1-17-3-8-21(13-18(17)2)30-22-9-10-23(24(26)14-22)20-6-4-19(5-7-20)11-12-25(27,15-28)16-29;/h3-10,13-14,28-29H,11-12,15-16,27H2,1-2H3;1H. The number of hydrogen-bond donors (Lipinski definition) is 3. The SMILES string of the molecule is Cc1ccc(Sc2ccc(-c3ccc(CCC(N)(CO)CO)cc3)c(F)c2)cc1C.Cl. The lowest BCUT2D eigenvalue weighted by Gasteiger charge is -2.24. The molecule has 3 aromatic rings. The molecule has 0 spiro atoms. The Hall–Kier alpha value is -1.89. The van der Waals surface area contributed by atoms with Crippen molar-refractivity contribution in [3.05, 3.63) is 83.2 Å². The second-order valence-electron chi connectivity index (χ2n) is 7.87. The third kappa shape index (κ3) is 6.55. The second-order valence-corrected chi connectivity index (χ2v) is 9.01. The number of aliphatic hydroxyl groups excluding tert-OH is 2. The van der Waals surface area contributed by atoms with E-state index in [9.17, 15) is 14.6 Å². The first kappa shape index (κ1) is 25.4. The number of halogens is 2. The predicted molar refractivity (Wildman–Crippen MR) is 129 cm³/mol. The van der Waals surface area contributed by atoms with Gasteiger partial charge >= 0.3 is 0 Å². The highest BCUT2D eigenvalue weighted by Gasteiger charge is 2.22. The van der Waals surface area contributed by atoms with E-state index in [-0.39, 0.29) is 31.4 Å². The molecule has 3 rings (SSSR count). The van der Waals surface area contributed by atoms with Crippen LogP contribution in [0.5, 0.6) is 0 Å². The van der Waals surface area contributed by atoms with Gasteiger partial charge in [0.1, 0.15) is 5.82 Å². The maximum Gasteiger partial charge on any atom is 0.132 e. The normalized spacial score (nSPS) is 11.3. The van der Waals surface area contributed by atoms with Crippen LogP contribution in [0, 0.1) is 19.7 Å². The van der Waals surface area contributed by atoms with Gasteiger partial charge in [0.2, 0.25) is 0 Å². The van der Waals surface area contributed by atoms with Crippen LogP contribution >= 0.6 is 24.2 Å². The summed E-state index contributed by atoms with van der Waals surface area (Å²) >= 11 is 1.55. The fourth-order valence-electron chi connectivity index (χ4n) is 3.16. The van der Waals surface area contributed by atoms with Crippen LogP contribution in [0.15, 0.2) is 70.5 Å². The minimum Gasteiger partial charge on any atom is -0.394 e. The minimum atomic E-state index is -0.978. The van der Waals surface area contributed by atoms with Crippen LogP contribution in [0.25, 0.3) is 11.1 Å². The first-order valence-electron chi connectivity index (χ1n) is 9.98. The van der Waals surface area contributed by atoms with Gasteiger partial charge in [-0.25, -0.2) is 4.39 Å². The third-order valence-corrected chi connectivity index (χ3v) is 6.44. The van der Waals surface area contributed by atoms with Crippen molar-refractivity contribution in [2.24, 2.45) is 5.73 Å². The molecule has 6 heteroatoms. The van der Waals surface area contributed by atoms with Gasteiger partial charge in [-0.2, -0.15) is 0 Å². The Morgan fingerprint density at radius 1 is 0.871 bits per heavy atom. The molecule has 0 fully saturated rings. The molecule has 31 heavy (non-hydrogen) atoms. The largest absolute Gasteiger partial charge is 0.394 e. The van der Waals surface area contributed by atoms with Crippen molar-refractivity contribution in [2.75, 3.05) is 13.2 Å². The number of hydrogen-bond acceptors (Lipinski definition) is 4. The molecule has 4 N–H and O–H groups in total. The van der Waals surface area contributed by atoms with Crippen molar-refractivity contribution in [1.29, 1.82) is 0 Å². The van der Waals surface area contributed by atoms with E-state index < -0.39 is 5.54 Å². The molecule has 0 unspecified atom stereocenters. The van der Waals surface area contributed by atoms with E-state index in [2.05, 4.69) is 32.0 Å². The van der Waals surface area contributed by atoms with Gasteiger partial charge in [-0.05, 0) is 73.2 Å². The van der Waals surface area contributed by atoms with Gasteiger partial charge in [0.15, 0.2) is 0 Å². The average molecular weight is 462 g/mol. The summed E-state index contributed by atoms with van der Waals surface area (Å²) in [5.74, 6) is -0.252. The summed E-state index contributed by atoms with van der Waals surface area (Å²) in [6.45, 7) is 3.63. The number of benzene rings is 3. The molecule has 0 aliphatic carbocycles. The smallest absolute Gasteiger partial charge is 0.132 e. The monoisotopic (exact) mass is 461 g/mol. The van der Waals surface area contributed by atoms with E-state index in [4.69, 9.17) is 5.73 Å². The molecule has 3 nitrogen and oxygen atoms in total. The maximum absolute atomic E-state index is 14.8. The molecule has 0 aliphatic heterocycles. The van der Waals surface area contributed by atoms with Gasteiger partial charge in [0.05, 0.1) is 18.8 Å². The van der Waals surface area contributed by atoms with Gasteiger partial charge in [-0.15, -0.1) is 12.4 Å². The van der Waals surface area contributed by atoms with Crippen molar-refractivity contribution in [1.82, 2.24) is 0 Å². The summed E-state index contributed by atoms with van der Waals surface area (Å²) in [4.78, 5) is 1.96. The van der Waals surface area contributed by atoms with E-state index in [1.54, 1.807) is 17.8 Å². The highest BCUT2D eigenvalue weighted by molar-refractivity contribution is 7.99. The van der Waals surface area contributed by atoms with Crippen molar-refractivity contribution in [3.8, 4) is 11.1 Å². The fraction of sp³-hybridized carbons (Fsp3) is 0.280. The van der Waals surface area contributed by atoms with Gasteiger partial charge in [-0.1, -0.05) is 48.2 Å². The molecule has 0 heterocycles. The third-order valence-electron chi connectivity index (χ3n) is 5.46. The van der Waals surface area contributed by atoms with Gasteiger partial charge in [-0.3, -0.25) is 0 Å². The van der Waals surface area contributed by atoms with Crippen molar-refractivity contribution < 1.29 is 14.6 Å². The first-order chi connectivity index (χ1) is 14.3. The van der Waals surface area contributed by atoms with E-state index in [0.29, 0.717) is 18.4 Å². The Morgan fingerprint density at radius 3 is 2.06 bits per heavy atom. The zero-order chi connectivity index (χ0) is 21.7. The lowest BCUT2D eigenvalue weighted by molar-refractivity contribution is 0.115. The van der Waals surface area contributed by atoms with Crippen LogP contribution in [0.2, 0.25) is 0 Å². The highest BCUT2D eigenvalue weighted by atomic mass is 35.5. The quantitative estimate of drug-likeness (QED) is 0.426. The van der Waals surface area contributed by atoms with Crippen molar-refractivity contribution in [3.63, 3.8) is 0 Å². The number of nitrogens with two attached hydrogens (primary N) is 1. The highest BCUT2D eigenvalue weighted by Crippen LogP contribution is 2.32. The Labute approximate surface area is 193 Å². The molecular formula is C25H29ClFNO2S. The van der Waals surface area contributed by atoms with E-state index in [1.807, 2.05) is 36.4 Å². The lowest BCUT2D eigenvalue weighted by atomic mass is 9.93. The first-order valence-corrected chi connectivity index (χ1v) is 10.8. The summed E-state index contributed by atoms with van der Waals surface area (Å²) in [6.07, 6.45) is 1.10. The second kappa shape index (κ2) is 11.1. The van der Waals surface area contributed by atoms with Gasteiger partial charge < -0.3 is 15.9 Å². The molecule has 0 aromatic heterocycles. The topological polar surface area (TPSA) is 66.5 Å². The van der Waals surface area contributed by atoms with Crippen molar-refractivity contribution >= 4 is 24.2 Å². The van der Waals surface area contributed by atoms with Crippen LogP contribution in [0.3, 0.4) is 0 Å². The maximum atomic E-state index is 14.8. The summed E-state index contributed by atoms with van der Waals surface area (Å²) in [7, 11) is 0. The number of rotatable bonds is 8. The zero-order valence-electron chi connectivity index (χ0n) is 17.8. The van der Waals surface area contributed by atoms with E-state index in [0.717, 1.165) is 20.9 Å². The summed E-state index contributed by atoms with van der Waals surface area (Å²) < 4.78 is 14.8. The van der Waals surface area contributed by atoms with Crippen molar-refractivity contribution in [2.45, 2.75) is 42.0 Å². The van der Waals surface area contributed by atoms with E-state index >= 15 is 0 Å². The Morgan fingerprint density at radius 2 is 1.48 bits per heavy atom. The van der Waals surface area contributed by atoms with Crippen LogP contribution < -0.4 is 5.73 Å². The summed E-state index contributed by atoms with van der Waals surface area (Å²) in [6, 6.07) is 19.2. The average Bonchev–Trinajstić information content (AvgIpc) is 2.75. The zero-order valence-corrected chi connectivity index (χ0v) is 19.4. The molecule has 0 aliphatic rings. The lowest BCUT2D eigenvalue weighted by Crippen LogP contribution is -2.47. The molecule has 166 valence electrons. The Kier molecular flexibility index (Phi) is 9.10.